The van der Waals surface area contributed by atoms with Crippen LogP contribution in [0.25, 0.3) is 10.6 Å². The Labute approximate surface area is 171 Å². The average Bonchev–Trinajstić information content (AvgIpc) is 3.16. The second-order valence-electron chi connectivity index (χ2n) is 6.37. The van der Waals surface area contributed by atoms with Gasteiger partial charge in [0, 0.05) is 17.1 Å². The summed E-state index contributed by atoms with van der Waals surface area (Å²) in [5, 5.41) is 9.63. The maximum absolute atomic E-state index is 12.5. The van der Waals surface area contributed by atoms with Gasteiger partial charge in [-0.25, -0.2) is 0 Å². The third kappa shape index (κ3) is 4.93. The first-order chi connectivity index (χ1) is 12.9. The first-order valence-corrected chi connectivity index (χ1v) is 10.1. The highest BCUT2D eigenvalue weighted by Gasteiger charge is 2.17. The molecule has 5 nitrogen and oxygen atoms in total. The normalized spacial score (nSPS) is 10.9. The number of carbonyl (C=O) groups excluding carboxylic acids is 1. The van der Waals surface area contributed by atoms with Crippen LogP contribution in [0.15, 0.2) is 53.0 Å². The number of hydrogen-bond acceptors (Lipinski definition) is 5. The van der Waals surface area contributed by atoms with Crippen LogP contribution in [0.1, 0.15) is 25.3 Å². The number of anilines is 1. The molecule has 0 radical (unpaired) electrons. The van der Waals surface area contributed by atoms with E-state index in [0.29, 0.717) is 16.8 Å². The average molecular weight is 446 g/mol. The molecule has 0 saturated carbocycles. The molecule has 0 spiro atoms. The van der Waals surface area contributed by atoms with E-state index in [1.165, 1.54) is 21.8 Å². The van der Waals surface area contributed by atoms with Crippen molar-refractivity contribution in [2.24, 2.45) is 0 Å². The molecule has 0 aliphatic rings. The molecular formula is C20H20BrN3O2S. The van der Waals surface area contributed by atoms with Gasteiger partial charge in [-0.2, -0.15) is 0 Å². The van der Waals surface area contributed by atoms with Crippen LogP contribution in [0.5, 0.6) is 5.75 Å². The van der Waals surface area contributed by atoms with Crippen molar-refractivity contribution < 1.29 is 9.53 Å². The lowest BCUT2D eigenvalue weighted by atomic mass is 10.0. The van der Waals surface area contributed by atoms with Crippen LogP contribution in [0, 0.1) is 0 Å². The number of carbonyl (C=O) groups is 1. The Bertz CT molecular complexity index is 925. The van der Waals surface area contributed by atoms with Gasteiger partial charge in [0.25, 0.3) is 5.91 Å². The fraction of sp³-hybridized carbons (Fsp3) is 0.250. The SMILES string of the molecule is CC(C)c1cccc(OCC(=O)N(C)c2nnc(-c3ccc(Br)cc3)s2)c1. The number of amides is 1. The van der Waals surface area contributed by atoms with Gasteiger partial charge < -0.3 is 4.74 Å². The summed E-state index contributed by atoms with van der Waals surface area (Å²) in [6.45, 7) is 4.19. The Balaban J connectivity index is 1.64. The molecule has 3 aromatic rings. The summed E-state index contributed by atoms with van der Waals surface area (Å²) in [5.41, 5.74) is 2.14. The third-order valence-corrected chi connectivity index (χ3v) is 5.63. The molecule has 2 aromatic carbocycles. The number of rotatable bonds is 6. The van der Waals surface area contributed by atoms with Gasteiger partial charge in [0.15, 0.2) is 6.61 Å². The molecule has 0 unspecified atom stereocenters. The van der Waals surface area contributed by atoms with Gasteiger partial charge in [-0.05, 0) is 35.7 Å². The third-order valence-electron chi connectivity index (χ3n) is 4.05. The van der Waals surface area contributed by atoms with Crippen LogP contribution in [0.4, 0.5) is 5.13 Å². The van der Waals surface area contributed by atoms with Gasteiger partial charge in [-0.3, -0.25) is 9.69 Å². The van der Waals surface area contributed by atoms with Crippen molar-refractivity contribution in [3.63, 3.8) is 0 Å². The van der Waals surface area contributed by atoms with Crippen LogP contribution in [0.3, 0.4) is 0 Å². The molecule has 0 bridgehead atoms. The zero-order chi connectivity index (χ0) is 19.4. The van der Waals surface area contributed by atoms with Crippen molar-refractivity contribution >= 4 is 38.3 Å². The van der Waals surface area contributed by atoms with E-state index in [4.69, 9.17) is 4.74 Å². The molecule has 0 aliphatic carbocycles. The molecule has 1 aromatic heterocycles. The lowest BCUT2D eigenvalue weighted by Crippen LogP contribution is -2.31. The van der Waals surface area contributed by atoms with Gasteiger partial charge in [-0.1, -0.05) is 65.4 Å². The predicted molar refractivity (Wildman–Crippen MR) is 112 cm³/mol. The van der Waals surface area contributed by atoms with Crippen molar-refractivity contribution in [1.82, 2.24) is 10.2 Å². The van der Waals surface area contributed by atoms with Gasteiger partial charge in [0.1, 0.15) is 10.8 Å². The molecule has 0 saturated heterocycles. The largest absolute Gasteiger partial charge is 0.484 e. The van der Waals surface area contributed by atoms with E-state index in [1.54, 1.807) is 7.05 Å². The number of aromatic nitrogens is 2. The van der Waals surface area contributed by atoms with E-state index in [1.807, 2.05) is 42.5 Å². The lowest BCUT2D eigenvalue weighted by Gasteiger charge is -2.14. The molecular weight excluding hydrogens is 426 g/mol. The zero-order valence-electron chi connectivity index (χ0n) is 15.3. The van der Waals surface area contributed by atoms with Gasteiger partial charge in [-0.15, -0.1) is 10.2 Å². The summed E-state index contributed by atoms with van der Waals surface area (Å²) in [7, 11) is 1.68. The van der Waals surface area contributed by atoms with E-state index in [-0.39, 0.29) is 12.5 Å². The second-order valence-corrected chi connectivity index (χ2v) is 8.24. The summed E-state index contributed by atoms with van der Waals surface area (Å²) < 4.78 is 6.67. The minimum atomic E-state index is -0.177. The lowest BCUT2D eigenvalue weighted by molar-refractivity contribution is -0.120. The van der Waals surface area contributed by atoms with Crippen molar-refractivity contribution in [2.75, 3.05) is 18.6 Å². The highest BCUT2D eigenvalue weighted by molar-refractivity contribution is 9.10. The van der Waals surface area contributed by atoms with Crippen LogP contribution >= 0.6 is 27.3 Å². The standard InChI is InChI=1S/C20H20BrN3O2S/c1-13(2)15-5-4-6-17(11-15)26-12-18(25)24(3)20-23-22-19(27-20)14-7-9-16(21)10-8-14/h4-11,13H,12H2,1-3H3. The monoisotopic (exact) mass is 445 g/mol. The molecule has 27 heavy (non-hydrogen) atoms. The summed E-state index contributed by atoms with van der Waals surface area (Å²) in [5.74, 6) is 0.921. The van der Waals surface area contributed by atoms with E-state index in [9.17, 15) is 4.79 Å². The molecule has 1 heterocycles. The van der Waals surface area contributed by atoms with E-state index >= 15 is 0 Å². The molecule has 0 atom stereocenters. The van der Waals surface area contributed by atoms with Gasteiger partial charge in [0.05, 0.1) is 0 Å². The number of likely N-dealkylation sites (N-methyl/N-ethyl adjacent to an activating group) is 1. The Morgan fingerprint density at radius 1 is 1.19 bits per heavy atom. The number of benzene rings is 2. The zero-order valence-corrected chi connectivity index (χ0v) is 17.8. The molecule has 7 heteroatoms. The fourth-order valence-corrected chi connectivity index (χ4v) is 3.47. The summed E-state index contributed by atoms with van der Waals surface area (Å²) in [6.07, 6.45) is 0. The number of halogens is 1. The van der Waals surface area contributed by atoms with Crippen molar-refractivity contribution in [2.45, 2.75) is 19.8 Å². The highest BCUT2D eigenvalue weighted by Crippen LogP contribution is 2.29. The number of nitrogens with zero attached hydrogens (tertiary/aromatic N) is 3. The van der Waals surface area contributed by atoms with Gasteiger partial charge in [0.2, 0.25) is 5.13 Å². The molecule has 3 rings (SSSR count). The number of hydrogen-bond donors (Lipinski definition) is 0. The molecule has 0 fully saturated rings. The van der Waals surface area contributed by atoms with E-state index < -0.39 is 0 Å². The van der Waals surface area contributed by atoms with E-state index in [0.717, 1.165) is 15.0 Å². The smallest absolute Gasteiger partial charge is 0.266 e. The molecule has 0 N–H and O–H groups in total. The minimum Gasteiger partial charge on any atom is -0.484 e. The van der Waals surface area contributed by atoms with Crippen molar-refractivity contribution in [3.05, 3.63) is 58.6 Å². The van der Waals surface area contributed by atoms with Gasteiger partial charge >= 0.3 is 0 Å². The summed E-state index contributed by atoms with van der Waals surface area (Å²) in [4.78, 5) is 13.9. The second kappa shape index (κ2) is 8.63. The Hall–Kier alpha value is -2.25. The molecule has 140 valence electrons. The topological polar surface area (TPSA) is 55.3 Å². The first kappa shape index (κ1) is 19.5. The van der Waals surface area contributed by atoms with Crippen LogP contribution in [0.2, 0.25) is 0 Å². The maximum Gasteiger partial charge on any atom is 0.266 e. The first-order valence-electron chi connectivity index (χ1n) is 8.53. The maximum atomic E-state index is 12.5. The van der Waals surface area contributed by atoms with E-state index in [2.05, 4.69) is 46.0 Å². The number of ether oxygens (including phenoxy) is 1. The summed E-state index contributed by atoms with van der Waals surface area (Å²) >= 11 is 4.78. The van der Waals surface area contributed by atoms with Crippen LogP contribution in [-0.2, 0) is 4.79 Å². The van der Waals surface area contributed by atoms with Crippen LogP contribution in [-0.4, -0.2) is 29.8 Å². The van der Waals surface area contributed by atoms with Crippen molar-refractivity contribution in [3.8, 4) is 16.3 Å². The summed E-state index contributed by atoms with van der Waals surface area (Å²) in [6, 6.07) is 15.6. The Morgan fingerprint density at radius 3 is 2.63 bits per heavy atom. The van der Waals surface area contributed by atoms with Crippen molar-refractivity contribution in [1.29, 1.82) is 0 Å². The van der Waals surface area contributed by atoms with Crippen LogP contribution < -0.4 is 9.64 Å². The molecule has 0 aliphatic heterocycles. The fourth-order valence-electron chi connectivity index (χ4n) is 2.37. The highest BCUT2D eigenvalue weighted by atomic mass is 79.9. The Kier molecular flexibility index (Phi) is 6.23. The Morgan fingerprint density at radius 2 is 1.93 bits per heavy atom. The quantitative estimate of drug-likeness (QED) is 0.527. The predicted octanol–water partition coefficient (Wildman–Crippen LogP) is 5.13. The minimum absolute atomic E-state index is 0.0504. The molecule has 1 amide bonds.